The van der Waals surface area contributed by atoms with E-state index in [0.29, 0.717) is 25.4 Å². The predicted molar refractivity (Wildman–Crippen MR) is 71.0 cm³/mol. The minimum Gasteiger partial charge on any atom is -0.481 e. The van der Waals surface area contributed by atoms with Gasteiger partial charge in [-0.15, -0.1) is 0 Å². The van der Waals surface area contributed by atoms with Crippen molar-refractivity contribution in [3.8, 4) is 0 Å². The fourth-order valence-corrected chi connectivity index (χ4v) is 2.68. The van der Waals surface area contributed by atoms with Gasteiger partial charge in [0, 0.05) is 19.1 Å². The van der Waals surface area contributed by atoms with E-state index >= 15 is 0 Å². The van der Waals surface area contributed by atoms with Gasteiger partial charge in [-0.05, 0) is 38.8 Å². The van der Waals surface area contributed by atoms with Crippen LogP contribution in [-0.2, 0) is 4.79 Å². The minimum atomic E-state index is -0.805. The highest BCUT2D eigenvalue weighted by Gasteiger charge is 2.50. The summed E-state index contributed by atoms with van der Waals surface area (Å²) in [7, 11) is 0. The molecular weight excluding hydrogens is 246 g/mol. The van der Waals surface area contributed by atoms with Crippen molar-refractivity contribution in [2.45, 2.75) is 38.6 Å². The molecular formula is C13H23N3O3. The highest BCUT2D eigenvalue weighted by atomic mass is 16.4. The molecule has 3 N–H and O–H groups in total. The molecule has 1 saturated carbocycles. The number of carboxylic acids is 1. The Morgan fingerprint density at radius 1 is 1.37 bits per heavy atom. The molecule has 108 valence electrons. The fourth-order valence-electron chi connectivity index (χ4n) is 2.68. The second kappa shape index (κ2) is 5.77. The molecule has 0 aromatic carbocycles. The number of carbonyl (C=O) groups is 2. The van der Waals surface area contributed by atoms with Crippen LogP contribution in [0.2, 0.25) is 0 Å². The topological polar surface area (TPSA) is 81.7 Å². The molecule has 1 heterocycles. The fraction of sp³-hybridized carbons (Fsp3) is 0.846. The smallest absolute Gasteiger partial charge is 0.314 e. The molecule has 0 radical (unpaired) electrons. The first-order valence-electron chi connectivity index (χ1n) is 7.06. The van der Waals surface area contributed by atoms with Crippen molar-refractivity contribution < 1.29 is 14.7 Å². The van der Waals surface area contributed by atoms with E-state index in [2.05, 4.69) is 22.5 Å². The van der Waals surface area contributed by atoms with Crippen molar-refractivity contribution in [1.82, 2.24) is 15.5 Å². The van der Waals surface area contributed by atoms with Crippen LogP contribution in [0, 0.1) is 5.41 Å². The second-order valence-corrected chi connectivity index (χ2v) is 5.57. The number of carboxylic acid groups (broad SMARTS) is 1. The van der Waals surface area contributed by atoms with Gasteiger partial charge in [0.25, 0.3) is 0 Å². The van der Waals surface area contributed by atoms with Gasteiger partial charge in [-0.1, -0.05) is 6.92 Å². The summed E-state index contributed by atoms with van der Waals surface area (Å²) in [5.41, 5.74) is -0.694. The summed E-state index contributed by atoms with van der Waals surface area (Å²) in [6, 6.07) is 0.167. The number of nitrogens with one attached hydrogen (secondary N) is 2. The lowest BCUT2D eigenvalue weighted by molar-refractivity contribution is -0.143. The molecule has 6 nitrogen and oxygen atoms in total. The summed E-state index contributed by atoms with van der Waals surface area (Å²) in [5.74, 6) is -0.805. The van der Waals surface area contributed by atoms with Crippen LogP contribution in [0.5, 0.6) is 0 Å². The predicted octanol–water partition coefficient (Wildman–Crippen LogP) is 0.635. The van der Waals surface area contributed by atoms with Crippen LogP contribution >= 0.6 is 0 Å². The van der Waals surface area contributed by atoms with Crippen LogP contribution in [-0.4, -0.2) is 54.2 Å². The number of likely N-dealkylation sites (N-methyl/N-ethyl adjacent to an activating group) is 1. The first kappa shape index (κ1) is 14.1. The third-order valence-corrected chi connectivity index (χ3v) is 4.30. The molecule has 1 atom stereocenters. The minimum absolute atomic E-state index is 0.232. The number of nitrogens with zero attached hydrogens (tertiary/aromatic N) is 1. The molecule has 1 unspecified atom stereocenters. The number of rotatable bonds is 6. The zero-order chi connectivity index (χ0) is 13.9. The van der Waals surface area contributed by atoms with E-state index in [-0.39, 0.29) is 12.6 Å². The number of urea groups is 1. The molecule has 1 aliphatic heterocycles. The normalized spacial score (nSPS) is 25.0. The van der Waals surface area contributed by atoms with E-state index in [0.717, 1.165) is 19.5 Å². The number of hydrogen-bond donors (Lipinski definition) is 3. The number of aliphatic carboxylic acids is 1. The van der Waals surface area contributed by atoms with Gasteiger partial charge in [0.1, 0.15) is 0 Å². The molecule has 6 heteroatoms. The third-order valence-electron chi connectivity index (χ3n) is 4.30. The first-order valence-corrected chi connectivity index (χ1v) is 7.06. The molecule has 0 aromatic heterocycles. The molecule has 0 aromatic rings. The van der Waals surface area contributed by atoms with Gasteiger partial charge < -0.3 is 15.7 Å². The summed E-state index contributed by atoms with van der Waals surface area (Å²) in [6.45, 7) is 5.11. The lowest BCUT2D eigenvalue weighted by Gasteiger charge is -2.23. The van der Waals surface area contributed by atoms with Crippen LogP contribution in [0.15, 0.2) is 0 Å². The zero-order valence-corrected chi connectivity index (χ0v) is 11.4. The van der Waals surface area contributed by atoms with Crippen molar-refractivity contribution in [3.05, 3.63) is 0 Å². The van der Waals surface area contributed by atoms with Gasteiger partial charge in [-0.25, -0.2) is 4.79 Å². The SMILES string of the molecule is CCN1CCCC1CNC(=O)NCC1(C(=O)O)CC1. The Hall–Kier alpha value is -1.30. The van der Waals surface area contributed by atoms with Crippen LogP contribution in [0.3, 0.4) is 0 Å². The molecule has 2 rings (SSSR count). The average molecular weight is 269 g/mol. The van der Waals surface area contributed by atoms with Crippen molar-refractivity contribution in [3.63, 3.8) is 0 Å². The Morgan fingerprint density at radius 3 is 2.68 bits per heavy atom. The summed E-state index contributed by atoms with van der Waals surface area (Å²) in [6.07, 6.45) is 3.63. The van der Waals surface area contributed by atoms with E-state index < -0.39 is 11.4 Å². The highest BCUT2D eigenvalue weighted by Crippen LogP contribution is 2.45. The quantitative estimate of drug-likeness (QED) is 0.661. The molecule has 2 fully saturated rings. The van der Waals surface area contributed by atoms with Crippen molar-refractivity contribution in [2.24, 2.45) is 5.41 Å². The summed E-state index contributed by atoms with van der Waals surface area (Å²) in [5, 5.41) is 14.5. The maximum Gasteiger partial charge on any atom is 0.314 e. The largest absolute Gasteiger partial charge is 0.481 e. The Morgan fingerprint density at radius 2 is 2.11 bits per heavy atom. The Bertz CT molecular complexity index is 355. The number of likely N-dealkylation sites (tertiary alicyclic amines) is 1. The zero-order valence-electron chi connectivity index (χ0n) is 11.4. The Labute approximate surface area is 113 Å². The monoisotopic (exact) mass is 269 g/mol. The second-order valence-electron chi connectivity index (χ2n) is 5.57. The summed E-state index contributed by atoms with van der Waals surface area (Å²) < 4.78 is 0. The van der Waals surface area contributed by atoms with E-state index in [1.54, 1.807) is 0 Å². The van der Waals surface area contributed by atoms with E-state index in [1.165, 1.54) is 6.42 Å². The van der Waals surface area contributed by atoms with Gasteiger partial charge >= 0.3 is 12.0 Å². The highest BCUT2D eigenvalue weighted by molar-refractivity contribution is 5.80. The van der Waals surface area contributed by atoms with Gasteiger partial charge in [-0.3, -0.25) is 9.69 Å². The van der Waals surface area contributed by atoms with Crippen LogP contribution in [0.4, 0.5) is 4.79 Å². The third kappa shape index (κ3) is 3.37. The standard InChI is InChI=1S/C13H23N3O3/c1-2-16-7-3-4-10(16)8-14-12(19)15-9-13(5-6-13)11(17)18/h10H,2-9H2,1H3,(H,17,18)(H2,14,15,19). The average Bonchev–Trinajstić information content (AvgIpc) is 3.06. The molecule has 1 saturated heterocycles. The summed E-state index contributed by atoms with van der Waals surface area (Å²) >= 11 is 0. The van der Waals surface area contributed by atoms with Gasteiger partial charge in [0.05, 0.1) is 5.41 Å². The lowest BCUT2D eigenvalue weighted by atomic mass is 10.1. The molecule has 0 bridgehead atoms. The molecule has 0 spiro atoms. The number of amides is 2. The number of hydrogen-bond acceptors (Lipinski definition) is 3. The molecule has 2 aliphatic rings. The van der Waals surface area contributed by atoms with Crippen LogP contribution < -0.4 is 10.6 Å². The Balaban J connectivity index is 1.66. The van der Waals surface area contributed by atoms with Crippen molar-refractivity contribution in [2.75, 3.05) is 26.2 Å². The molecule has 19 heavy (non-hydrogen) atoms. The molecule has 2 amide bonds. The van der Waals surface area contributed by atoms with E-state index in [9.17, 15) is 9.59 Å². The number of carbonyl (C=O) groups excluding carboxylic acids is 1. The van der Waals surface area contributed by atoms with Crippen LogP contribution in [0.1, 0.15) is 32.6 Å². The maximum absolute atomic E-state index is 11.7. The van der Waals surface area contributed by atoms with E-state index in [4.69, 9.17) is 5.11 Å². The molecule has 1 aliphatic carbocycles. The van der Waals surface area contributed by atoms with E-state index in [1.807, 2.05) is 0 Å². The van der Waals surface area contributed by atoms with Gasteiger partial charge in [0.15, 0.2) is 0 Å². The lowest BCUT2D eigenvalue weighted by Crippen LogP contribution is -2.45. The Kier molecular flexibility index (Phi) is 4.29. The summed E-state index contributed by atoms with van der Waals surface area (Å²) in [4.78, 5) is 25.0. The first-order chi connectivity index (χ1) is 9.07. The van der Waals surface area contributed by atoms with Crippen LogP contribution in [0.25, 0.3) is 0 Å². The van der Waals surface area contributed by atoms with Crippen molar-refractivity contribution in [1.29, 1.82) is 0 Å². The van der Waals surface area contributed by atoms with Gasteiger partial charge in [0.2, 0.25) is 0 Å². The van der Waals surface area contributed by atoms with Gasteiger partial charge in [-0.2, -0.15) is 0 Å². The van der Waals surface area contributed by atoms with Crippen molar-refractivity contribution >= 4 is 12.0 Å². The maximum atomic E-state index is 11.7.